The molecule has 0 saturated carbocycles. The van der Waals surface area contributed by atoms with Crippen LogP contribution >= 0.6 is 0 Å². The molecular weight excluding hydrogens is 264 g/mol. The first kappa shape index (κ1) is 12.6. The van der Waals surface area contributed by atoms with Gasteiger partial charge in [0.05, 0.1) is 11.1 Å². The van der Waals surface area contributed by atoms with E-state index in [0.717, 1.165) is 42.9 Å². The number of aryl methyl sites for hydroxylation is 1. The van der Waals surface area contributed by atoms with Crippen LogP contribution in [0.25, 0.3) is 11.3 Å². The molecule has 5 heteroatoms. The van der Waals surface area contributed by atoms with Gasteiger partial charge in [0.15, 0.2) is 0 Å². The van der Waals surface area contributed by atoms with Gasteiger partial charge in [-0.15, -0.1) is 0 Å². The summed E-state index contributed by atoms with van der Waals surface area (Å²) in [4.78, 5) is 12.4. The zero-order valence-corrected chi connectivity index (χ0v) is 12.0. The van der Waals surface area contributed by atoms with E-state index in [0.29, 0.717) is 0 Å². The Kier molecular flexibility index (Phi) is 2.65. The summed E-state index contributed by atoms with van der Waals surface area (Å²) in [6.45, 7) is 1.69. The SMILES string of the molecule is Cn1ccc(-c2ccc3c(c2)CC2(CCNC2)C(=O)N3)n1. The molecule has 1 fully saturated rings. The van der Waals surface area contributed by atoms with Crippen LogP contribution in [0.5, 0.6) is 0 Å². The number of fused-ring (bicyclic) bond motifs is 1. The second kappa shape index (κ2) is 4.43. The van der Waals surface area contributed by atoms with E-state index >= 15 is 0 Å². The Morgan fingerprint density at radius 3 is 2.95 bits per heavy atom. The van der Waals surface area contributed by atoms with Crippen molar-refractivity contribution in [3.05, 3.63) is 36.0 Å². The van der Waals surface area contributed by atoms with E-state index in [9.17, 15) is 4.79 Å². The first-order valence-electron chi connectivity index (χ1n) is 7.31. The Morgan fingerprint density at radius 1 is 1.33 bits per heavy atom. The Hall–Kier alpha value is -2.14. The molecule has 5 nitrogen and oxygen atoms in total. The molecule has 0 aliphatic carbocycles. The summed E-state index contributed by atoms with van der Waals surface area (Å²) < 4.78 is 1.80. The average molecular weight is 282 g/mol. The zero-order chi connectivity index (χ0) is 14.4. The van der Waals surface area contributed by atoms with Crippen LogP contribution in [-0.4, -0.2) is 28.8 Å². The van der Waals surface area contributed by atoms with Crippen LogP contribution in [0.1, 0.15) is 12.0 Å². The topological polar surface area (TPSA) is 59.0 Å². The lowest BCUT2D eigenvalue weighted by Crippen LogP contribution is -2.43. The molecule has 2 N–H and O–H groups in total. The molecule has 4 rings (SSSR count). The van der Waals surface area contributed by atoms with Gasteiger partial charge in [-0.3, -0.25) is 9.48 Å². The van der Waals surface area contributed by atoms with Gasteiger partial charge in [-0.05, 0) is 43.1 Å². The van der Waals surface area contributed by atoms with E-state index in [1.54, 1.807) is 4.68 Å². The maximum Gasteiger partial charge on any atom is 0.232 e. The van der Waals surface area contributed by atoms with Crippen LogP contribution in [-0.2, 0) is 18.3 Å². The van der Waals surface area contributed by atoms with Gasteiger partial charge >= 0.3 is 0 Å². The lowest BCUT2D eigenvalue weighted by molar-refractivity contribution is -0.125. The average Bonchev–Trinajstić information content (AvgIpc) is 3.10. The van der Waals surface area contributed by atoms with Crippen molar-refractivity contribution >= 4 is 11.6 Å². The number of nitrogens with zero attached hydrogens (tertiary/aromatic N) is 2. The number of hydrogen-bond acceptors (Lipinski definition) is 3. The second-order valence-corrected chi connectivity index (χ2v) is 6.08. The van der Waals surface area contributed by atoms with Crippen molar-refractivity contribution in [3.63, 3.8) is 0 Å². The molecule has 2 aliphatic rings. The highest BCUT2D eigenvalue weighted by molar-refractivity contribution is 5.99. The number of rotatable bonds is 1. The predicted octanol–water partition coefficient (Wildman–Crippen LogP) is 1.56. The van der Waals surface area contributed by atoms with E-state index < -0.39 is 0 Å². The third kappa shape index (κ3) is 1.96. The van der Waals surface area contributed by atoms with Gasteiger partial charge in [0.25, 0.3) is 0 Å². The van der Waals surface area contributed by atoms with E-state index in [4.69, 9.17) is 0 Å². The van der Waals surface area contributed by atoms with Gasteiger partial charge in [0.1, 0.15) is 0 Å². The van der Waals surface area contributed by atoms with E-state index in [1.165, 1.54) is 5.56 Å². The fourth-order valence-electron chi connectivity index (χ4n) is 3.38. The number of aromatic nitrogens is 2. The first-order chi connectivity index (χ1) is 10.2. The van der Waals surface area contributed by atoms with Crippen molar-refractivity contribution in [1.29, 1.82) is 0 Å². The Morgan fingerprint density at radius 2 is 2.24 bits per heavy atom. The predicted molar refractivity (Wildman–Crippen MR) is 80.9 cm³/mol. The second-order valence-electron chi connectivity index (χ2n) is 6.08. The molecule has 2 aliphatic heterocycles. The molecule has 108 valence electrons. The lowest BCUT2D eigenvalue weighted by atomic mass is 9.76. The van der Waals surface area contributed by atoms with Crippen LogP contribution in [0.3, 0.4) is 0 Å². The minimum atomic E-state index is -0.268. The fraction of sp³-hybridized carbons (Fsp3) is 0.375. The molecule has 1 aromatic heterocycles. The molecule has 2 aromatic rings. The smallest absolute Gasteiger partial charge is 0.232 e. The molecule has 1 spiro atoms. The van der Waals surface area contributed by atoms with E-state index in [-0.39, 0.29) is 11.3 Å². The maximum atomic E-state index is 12.4. The lowest BCUT2D eigenvalue weighted by Gasteiger charge is -2.33. The van der Waals surface area contributed by atoms with E-state index in [2.05, 4.69) is 21.8 Å². The van der Waals surface area contributed by atoms with Crippen molar-refractivity contribution in [1.82, 2.24) is 15.1 Å². The molecule has 1 atom stereocenters. The zero-order valence-electron chi connectivity index (χ0n) is 12.0. The summed E-state index contributed by atoms with van der Waals surface area (Å²) in [6.07, 6.45) is 3.66. The number of amides is 1. The van der Waals surface area contributed by atoms with E-state index in [1.807, 2.05) is 31.4 Å². The number of carbonyl (C=O) groups is 1. The normalized spacial score (nSPS) is 24.1. The molecule has 0 bridgehead atoms. The number of anilines is 1. The summed E-state index contributed by atoms with van der Waals surface area (Å²) >= 11 is 0. The van der Waals surface area contributed by atoms with Crippen molar-refractivity contribution in [2.75, 3.05) is 18.4 Å². The molecule has 1 amide bonds. The van der Waals surface area contributed by atoms with Crippen LogP contribution in [0.2, 0.25) is 0 Å². The number of nitrogens with one attached hydrogen (secondary N) is 2. The molecular formula is C16H18N4O. The minimum Gasteiger partial charge on any atom is -0.325 e. The molecule has 1 aromatic carbocycles. The molecule has 21 heavy (non-hydrogen) atoms. The van der Waals surface area contributed by atoms with Crippen LogP contribution in [0, 0.1) is 5.41 Å². The number of hydrogen-bond donors (Lipinski definition) is 2. The van der Waals surface area contributed by atoms with Gasteiger partial charge in [0.2, 0.25) is 5.91 Å². The quantitative estimate of drug-likeness (QED) is 0.834. The monoisotopic (exact) mass is 282 g/mol. The number of benzene rings is 1. The summed E-state index contributed by atoms with van der Waals surface area (Å²) in [5.74, 6) is 0.158. The molecule has 3 heterocycles. The van der Waals surface area contributed by atoms with Crippen LogP contribution in [0.4, 0.5) is 5.69 Å². The minimum absolute atomic E-state index is 0.158. The summed E-state index contributed by atoms with van der Waals surface area (Å²) in [7, 11) is 1.92. The Labute approximate surface area is 123 Å². The third-order valence-corrected chi connectivity index (χ3v) is 4.62. The van der Waals surface area contributed by atoms with Gasteiger partial charge in [0, 0.05) is 31.0 Å². The standard InChI is InChI=1S/C16H18N4O/c1-20-7-4-14(19-20)11-2-3-13-12(8-11)9-16(15(21)18-13)5-6-17-10-16/h2-4,7-8,17H,5-6,9-10H2,1H3,(H,18,21). The first-order valence-corrected chi connectivity index (χ1v) is 7.31. The van der Waals surface area contributed by atoms with Gasteiger partial charge in [-0.1, -0.05) is 6.07 Å². The molecule has 1 unspecified atom stereocenters. The summed E-state index contributed by atoms with van der Waals surface area (Å²) in [5.41, 5.74) is 3.96. The fourth-order valence-corrected chi connectivity index (χ4v) is 3.38. The van der Waals surface area contributed by atoms with Gasteiger partial charge in [-0.25, -0.2) is 0 Å². The Bertz CT molecular complexity index is 713. The largest absolute Gasteiger partial charge is 0.325 e. The van der Waals surface area contributed by atoms with Crippen molar-refractivity contribution < 1.29 is 4.79 Å². The summed E-state index contributed by atoms with van der Waals surface area (Å²) in [6, 6.07) is 8.19. The highest BCUT2D eigenvalue weighted by Crippen LogP contribution is 2.39. The molecule has 0 radical (unpaired) electrons. The van der Waals surface area contributed by atoms with Crippen molar-refractivity contribution in [2.45, 2.75) is 12.8 Å². The maximum absolute atomic E-state index is 12.4. The van der Waals surface area contributed by atoms with Gasteiger partial charge < -0.3 is 10.6 Å². The van der Waals surface area contributed by atoms with Crippen LogP contribution in [0.15, 0.2) is 30.5 Å². The highest BCUT2D eigenvalue weighted by Gasteiger charge is 2.44. The third-order valence-electron chi connectivity index (χ3n) is 4.62. The highest BCUT2D eigenvalue weighted by atomic mass is 16.2. The number of carbonyl (C=O) groups excluding carboxylic acids is 1. The molecule has 1 saturated heterocycles. The van der Waals surface area contributed by atoms with Crippen molar-refractivity contribution in [3.8, 4) is 11.3 Å². The van der Waals surface area contributed by atoms with Gasteiger partial charge in [-0.2, -0.15) is 5.10 Å². The summed E-state index contributed by atoms with van der Waals surface area (Å²) in [5, 5.41) is 10.8. The Balaban J connectivity index is 1.74. The van der Waals surface area contributed by atoms with Crippen LogP contribution < -0.4 is 10.6 Å². The van der Waals surface area contributed by atoms with Crippen molar-refractivity contribution in [2.24, 2.45) is 12.5 Å².